The number of carbonyl (C=O) groups excluding carboxylic acids is 1. The molecule has 4 heterocycles. The van der Waals surface area contributed by atoms with Gasteiger partial charge in [0.15, 0.2) is 0 Å². The number of rotatable bonds is 4. The van der Waals surface area contributed by atoms with Crippen molar-refractivity contribution < 1.29 is 14.3 Å². The zero-order valence-corrected chi connectivity index (χ0v) is 19.4. The van der Waals surface area contributed by atoms with E-state index in [2.05, 4.69) is 36.9 Å². The van der Waals surface area contributed by atoms with Crippen molar-refractivity contribution >= 4 is 17.4 Å². The van der Waals surface area contributed by atoms with Gasteiger partial charge in [-0.25, -0.2) is 9.97 Å². The maximum Gasteiger partial charge on any atom is 0.267 e. The molecule has 5 rings (SSSR count). The Morgan fingerprint density at radius 3 is 2.52 bits per heavy atom. The van der Waals surface area contributed by atoms with Gasteiger partial charge in [-0.1, -0.05) is 6.92 Å². The van der Waals surface area contributed by atoms with Gasteiger partial charge in [0.05, 0.1) is 32.0 Å². The standard InChI is InChI=1S/C24H28N6O3/c1-14-7-17(30-5-6-33-22-20(23(30)31)21(25)26-13-27-22)8-15(2)19(14)18-9-29(28-16(18)3)10-24(4)11-32-12-24/h7-9,13H,5-6,10-12H2,1-4H3,(H2,25,26,27). The van der Waals surface area contributed by atoms with Crippen LogP contribution in [0.25, 0.3) is 11.1 Å². The normalized spacial score (nSPS) is 17.2. The van der Waals surface area contributed by atoms with Gasteiger partial charge in [-0.3, -0.25) is 9.48 Å². The van der Waals surface area contributed by atoms with Crippen LogP contribution in [0.1, 0.15) is 34.1 Å². The molecule has 1 amide bonds. The maximum absolute atomic E-state index is 13.3. The summed E-state index contributed by atoms with van der Waals surface area (Å²) in [5.74, 6) is 0.0938. The number of nitrogens with zero attached hydrogens (tertiary/aromatic N) is 5. The van der Waals surface area contributed by atoms with Crippen molar-refractivity contribution in [3.05, 3.63) is 47.0 Å². The van der Waals surface area contributed by atoms with Gasteiger partial charge in [0, 0.05) is 22.9 Å². The third kappa shape index (κ3) is 3.72. The third-order valence-corrected chi connectivity index (χ3v) is 6.34. The molecule has 1 saturated heterocycles. The highest BCUT2D eigenvalue weighted by atomic mass is 16.5. The minimum absolute atomic E-state index is 0.121. The van der Waals surface area contributed by atoms with Crippen molar-refractivity contribution in [2.75, 3.05) is 37.0 Å². The van der Waals surface area contributed by atoms with Gasteiger partial charge in [0.1, 0.15) is 24.3 Å². The summed E-state index contributed by atoms with van der Waals surface area (Å²) in [5.41, 5.74) is 12.5. The molecule has 0 atom stereocenters. The van der Waals surface area contributed by atoms with Gasteiger partial charge in [-0.15, -0.1) is 0 Å². The minimum atomic E-state index is -0.257. The Hall–Kier alpha value is -3.46. The molecule has 33 heavy (non-hydrogen) atoms. The van der Waals surface area contributed by atoms with Crippen molar-refractivity contribution in [2.24, 2.45) is 5.41 Å². The molecule has 3 aromatic rings. The van der Waals surface area contributed by atoms with E-state index in [0.717, 1.165) is 53.4 Å². The SMILES string of the molecule is Cc1cc(N2CCOc3ncnc(N)c3C2=O)cc(C)c1-c1cn(CC2(C)COC2)nc1C. The van der Waals surface area contributed by atoms with Crippen LogP contribution in [0.3, 0.4) is 0 Å². The molecule has 0 saturated carbocycles. The molecule has 2 aromatic heterocycles. The van der Waals surface area contributed by atoms with E-state index in [1.165, 1.54) is 6.33 Å². The van der Waals surface area contributed by atoms with Crippen LogP contribution in [0.15, 0.2) is 24.7 Å². The second-order valence-corrected chi connectivity index (χ2v) is 9.33. The van der Waals surface area contributed by atoms with Crippen molar-refractivity contribution in [3.8, 4) is 17.0 Å². The minimum Gasteiger partial charge on any atom is -0.475 e. The molecule has 172 valence electrons. The van der Waals surface area contributed by atoms with Crippen molar-refractivity contribution in [1.82, 2.24) is 19.7 Å². The number of nitrogen functional groups attached to an aromatic ring is 1. The van der Waals surface area contributed by atoms with Crippen LogP contribution in [0.2, 0.25) is 0 Å². The summed E-state index contributed by atoms with van der Waals surface area (Å²) in [6, 6.07) is 4.06. The quantitative estimate of drug-likeness (QED) is 0.654. The van der Waals surface area contributed by atoms with Crippen LogP contribution in [-0.4, -0.2) is 52.0 Å². The molecule has 1 fully saturated rings. The van der Waals surface area contributed by atoms with Crippen LogP contribution >= 0.6 is 0 Å². The van der Waals surface area contributed by atoms with Gasteiger partial charge >= 0.3 is 0 Å². The smallest absolute Gasteiger partial charge is 0.267 e. The summed E-state index contributed by atoms with van der Waals surface area (Å²) < 4.78 is 13.1. The van der Waals surface area contributed by atoms with Crippen molar-refractivity contribution in [3.63, 3.8) is 0 Å². The lowest BCUT2D eigenvalue weighted by molar-refractivity contribution is -0.111. The van der Waals surface area contributed by atoms with E-state index >= 15 is 0 Å². The van der Waals surface area contributed by atoms with Gasteiger partial charge in [0.25, 0.3) is 5.91 Å². The molecule has 0 unspecified atom stereocenters. The Kier molecular flexibility index (Phi) is 5.08. The third-order valence-electron chi connectivity index (χ3n) is 6.34. The Morgan fingerprint density at radius 2 is 1.85 bits per heavy atom. The van der Waals surface area contributed by atoms with Gasteiger partial charge in [-0.05, 0) is 49.6 Å². The van der Waals surface area contributed by atoms with E-state index in [-0.39, 0.29) is 28.6 Å². The lowest BCUT2D eigenvalue weighted by Gasteiger charge is -2.37. The van der Waals surface area contributed by atoms with Crippen LogP contribution in [0, 0.1) is 26.2 Å². The summed E-state index contributed by atoms with van der Waals surface area (Å²) in [6.07, 6.45) is 3.42. The van der Waals surface area contributed by atoms with E-state index in [4.69, 9.17) is 20.3 Å². The Bertz CT molecular complexity index is 1220. The number of aromatic nitrogens is 4. The molecule has 0 radical (unpaired) electrons. The van der Waals surface area contributed by atoms with Crippen molar-refractivity contribution in [2.45, 2.75) is 34.2 Å². The van der Waals surface area contributed by atoms with Crippen LogP contribution < -0.4 is 15.4 Å². The lowest BCUT2D eigenvalue weighted by atomic mass is 9.89. The first-order chi connectivity index (χ1) is 15.8. The lowest BCUT2D eigenvalue weighted by Crippen LogP contribution is -2.43. The number of fused-ring (bicyclic) bond motifs is 1. The van der Waals surface area contributed by atoms with Gasteiger partial charge < -0.3 is 20.1 Å². The average molecular weight is 449 g/mol. The maximum atomic E-state index is 13.3. The topological polar surface area (TPSA) is 108 Å². The van der Waals surface area contributed by atoms with Crippen LogP contribution in [-0.2, 0) is 11.3 Å². The molecule has 9 heteroatoms. The number of hydrogen-bond donors (Lipinski definition) is 1. The van der Waals surface area contributed by atoms with Crippen LogP contribution in [0.4, 0.5) is 11.5 Å². The summed E-state index contributed by atoms with van der Waals surface area (Å²) in [5, 5.41) is 4.76. The molecule has 0 bridgehead atoms. The molecule has 2 N–H and O–H groups in total. The number of hydrogen-bond acceptors (Lipinski definition) is 7. The van der Waals surface area contributed by atoms with Gasteiger partial charge in [-0.2, -0.15) is 5.10 Å². The fourth-order valence-electron chi connectivity index (χ4n) is 4.71. The Balaban J connectivity index is 1.49. The largest absolute Gasteiger partial charge is 0.475 e. The highest BCUT2D eigenvalue weighted by Gasteiger charge is 2.34. The second-order valence-electron chi connectivity index (χ2n) is 9.33. The molecular weight excluding hydrogens is 420 g/mol. The van der Waals surface area contributed by atoms with E-state index in [1.807, 2.05) is 23.7 Å². The Labute approximate surface area is 192 Å². The molecule has 0 aliphatic carbocycles. The average Bonchev–Trinajstić information content (AvgIpc) is 2.98. The first-order valence-corrected chi connectivity index (χ1v) is 11.0. The number of nitrogens with two attached hydrogens (primary N) is 1. The fourth-order valence-corrected chi connectivity index (χ4v) is 4.71. The number of amides is 1. The summed E-state index contributed by atoms with van der Waals surface area (Å²) in [6.45, 7) is 11.5. The predicted octanol–water partition coefficient (Wildman–Crippen LogP) is 2.92. The summed E-state index contributed by atoms with van der Waals surface area (Å²) in [4.78, 5) is 23.1. The van der Waals surface area contributed by atoms with E-state index in [0.29, 0.717) is 13.2 Å². The number of ether oxygens (including phenoxy) is 2. The number of benzene rings is 1. The Morgan fingerprint density at radius 1 is 1.12 bits per heavy atom. The van der Waals surface area contributed by atoms with Crippen LogP contribution in [0.5, 0.6) is 5.88 Å². The second kappa shape index (κ2) is 7.84. The summed E-state index contributed by atoms with van der Waals surface area (Å²) >= 11 is 0. The molecule has 2 aliphatic rings. The predicted molar refractivity (Wildman–Crippen MR) is 124 cm³/mol. The molecular formula is C24H28N6O3. The zero-order chi connectivity index (χ0) is 23.3. The molecule has 0 spiro atoms. The highest BCUT2D eigenvalue weighted by Crippen LogP contribution is 2.36. The van der Waals surface area contributed by atoms with E-state index in [9.17, 15) is 4.79 Å². The fraction of sp³-hybridized carbons (Fsp3) is 0.417. The monoisotopic (exact) mass is 448 g/mol. The molecule has 9 nitrogen and oxygen atoms in total. The molecule has 2 aliphatic heterocycles. The summed E-state index contributed by atoms with van der Waals surface area (Å²) in [7, 11) is 0. The molecule has 1 aromatic carbocycles. The number of carbonyl (C=O) groups is 1. The van der Waals surface area contributed by atoms with Crippen molar-refractivity contribution in [1.29, 1.82) is 0 Å². The van der Waals surface area contributed by atoms with Gasteiger partial charge in [0.2, 0.25) is 5.88 Å². The van der Waals surface area contributed by atoms with E-state index in [1.54, 1.807) is 4.90 Å². The first kappa shape index (κ1) is 21.4. The number of aryl methyl sites for hydroxylation is 3. The highest BCUT2D eigenvalue weighted by molar-refractivity contribution is 6.10. The first-order valence-electron chi connectivity index (χ1n) is 11.0. The van der Waals surface area contributed by atoms with E-state index < -0.39 is 0 Å². The zero-order valence-electron chi connectivity index (χ0n) is 19.4. The number of anilines is 2.